The molecule has 1 heterocycles. The van der Waals surface area contributed by atoms with Gasteiger partial charge in [0.15, 0.2) is 0 Å². The quantitative estimate of drug-likeness (QED) is 0.885. The van der Waals surface area contributed by atoms with Crippen LogP contribution in [0.1, 0.15) is 0 Å². The predicted molar refractivity (Wildman–Crippen MR) is 83.4 cm³/mol. The highest BCUT2D eigenvalue weighted by Gasteiger charge is 2.33. The van der Waals surface area contributed by atoms with Crippen molar-refractivity contribution in [1.29, 1.82) is 0 Å². The standard InChI is InChI=1S/C13H18N2O4S2/c1-14(2)21(18,19)12-6-4-3-5-10(12)15-7-8-20-9-11(15)13(16)17/h3-6,11H,7-9H2,1-2H3,(H,16,17). The van der Waals surface area contributed by atoms with Gasteiger partial charge in [0.25, 0.3) is 0 Å². The number of para-hydroxylation sites is 1. The molecule has 1 aliphatic rings. The van der Waals surface area contributed by atoms with Crippen molar-refractivity contribution in [2.75, 3.05) is 37.0 Å². The molecule has 2 rings (SSSR count). The largest absolute Gasteiger partial charge is 0.480 e. The molecule has 0 spiro atoms. The van der Waals surface area contributed by atoms with Gasteiger partial charge in [-0.2, -0.15) is 11.8 Å². The number of anilines is 1. The first-order valence-electron chi connectivity index (χ1n) is 6.44. The van der Waals surface area contributed by atoms with E-state index in [0.717, 1.165) is 10.1 Å². The van der Waals surface area contributed by atoms with Gasteiger partial charge >= 0.3 is 5.97 Å². The maximum absolute atomic E-state index is 12.4. The van der Waals surface area contributed by atoms with Crippen molar-refractivity contribution in [2.24, 2.45) is 0 Å². The number of benzene rings is 1. The Morgan fingerprint density at radius 1 is 1.38 bits per heavy atom. The molecule has 0 amide bonds. The number of sulfonamides is 1. The molecule has 8 heteroatoms. The van der Waals surface area contributed by atoms with Gasteiger partial charge in [0.05, 0.1) is 5.69 Å². The van der Waals surface area contributed by atoms with Crippen LogP contribution in [0.2, 0.25) is 0 Å². The molecule has 1 fully saturated rings. The summed E-state index contributed by atoms with van der Waals surface area (Å²) in [6.45, 7) is 0.515. The molecule has 1 atom stereocenters. The summed E-state index contributed by atoms with van der Waals surface area (Å²) in [5.41, 5.74) is 0.457. The molecule has 0 aliphatic carbocycles. The SMILES string of the molecule is CN(C)S(=O)(=O)c1ccccc1N1CCSCC1C(=O)O. The van der Waals surface area contributed by atoms with Crippen LogP contribution in [0.25, 0.3) is 0 Å². The van der Waals surface area contributed by atoms with Gasteiger partial charge < -0.3 is 10.0 Å². The van der Waals surface area contributed by atoms with Gasteiger partial charge in [-0.3, -0.25) is 0 Å². The number of carboxylic acid groups (broad SMARTS) is 1. The molecule has 21 heavy (non-hydrogen) atoms. The van der Waals surface area contributed by atoms with Crippen molar-refractivity contribution in [1.82, 2.24) is 4.31 Å². The number of thioether (sulfide) groups is 1. The number of aliphatic carboxylic acids is 1. The lowest BCUT2D eigenvalue weighted by Crippen LogP contribution is -2.48. The molecule has 0 saturated carbocycles. The van der Waals surface area contributed by atoms with Crippen molar-refractivity contribution < 1.29 is 18.3 Å². The van der Waals surface area contributed by atoms with E-state index >= 15 is 0 Å². The Morgan fingerprint density at radius 2 is 2.05 bits per heavy atom. The number of carbonyl (C=O) groups is 1. The first-order valence-corrected chi connectivity index (χ1v) is 9.04. The van der Waals surface area contributed by atoms with Crippen molar-refractivity contribution in [3.05, 3.63) is 24.3 Å². The first kappa shape index (κ1) is 16.1. The smallest absolute Gasteiger partial charge is 0.327 e. The highest BCUT2D eigenvalue weighted by Crippen LogP contribution is 2.31. The number of nitrogens with zero attached hydrogens (tertiary/aromatic N) is 2. The summed E-state index contributed by atoms with van der Waals surface area (Å²) in [5.74, 6) is 0.297. The van der Waals surface area contributed by atoms with Crippen LogP contribution in [0.4, 0.5) is 5.69 Å². The molecule has 1 aromatic rings. The van der Waals surface area contributed by atoms with Gasteiger partial charge in [0.2, 0.25) is 10.0 Å². The minimum atomic E-state index is -3.61. The third-order valence-corrected chi connectivity index (χ3v) is 6.23. The lowest BCUT2D eigenvalue weighted by Gasteiger charge is -2.35. The molecule has 1 unspecified atom stereocenters. The lowest BCUT2D eigenvalue weighted by atomic mass is 10.2. The zero-order chi connectivity index (χ0) is 15.6. The summed E-state index contributed by atoms with van der Waals surface area (Å²) in [4.78, 5) is 13.2. The van der Waals surface area contributed by atoms with E-state index in [1.165, 1.54) is 20.2 Å². The van der Waals surface area contributed by atoms with Crippen LogP contribution in [-0.4, -0.2) is 62.0 Å². The monoisotopic (exact) mass is 330 g/mol. The molecular weight excluding hydrogens is 312 g/mol. The molecule has 1 N–H and O–H groups in total. The molecule has 116 valence electrons. The van der Waals surface area contributed by atoms with Crippen LogP contribution in [0.15, 0.2) is 29.2 Å². The highest BCUT2D eigenvalue weighted by atomic mass is 32.2. The van der Waals surface area contributed by atoms with Crippen molar-refractivity contribution in [2.45, 2.75) is 10.9 Å². The molecule has 1 saturated heterocycles. The van der Waals surface area contributed by atoms with E-state index in [2.05, 4.69) is 0 Å². The number of carboxylic acids is 1. The van der Waals surface area contributed by atoms with Gasteiger partial charge in [-0.25, -0.2) is 17.5 Å². The summed E-state index contributed by atoms with van der Waals surface area (Å²) in [6.07, 6.45) is 0. The average Bonchev–Trinajstić information content (AvgIpc) is 2.47. The Hall–Kier alpha value is -1.25. The highest BCUT2D eigenvalue weighted by molar-refractivity contribution is 7.99. The minimum Gasteiger partial charge on any atom is -0.480 e. The van der Waals surface area contributed by atoms with E-state index in [-0.39, 0.29) is 4.90 Å². The minimum absolute atomic E-state index is 0.146. The van der Waals surface area contributed by atoms with E-state index < -0.39 is 22.0 Å². The molecule has 1 aromatic carbocycles. The maximum atomic E-state index is 12.4. The zero-order valence-corrected chi connectivity index (χ0v) is 13.5. The summed E-state index contributed by atoms with van der Waals surface area (Å²) < 4.78 is 26.0. The Bertz CT molecular complexity index is 631. The van der Waals surface area contributed by atoms with Crippen LogP contribution >= 0.6 is 11.8 Å². The van der Waals surface area contributed by atoms with Gasteiger partial charge in [-0.1, -0.05) is 12.1 Å². The summed E-state index contributed by atoms with van der Waals surface area (Å²) in [7, 11) is -0.684. The second-order valence-corrected chi connectivity index (χ2v) is 8.15. The molecular formula is C13H18N2O4S2. The lowest BCUT2D eigenvalue weighted by molar-refractivity contribution is -0.138. The van der Waals surface area contributed by atoms with Crippen molar-refractivity contribution in [3.8, 4) is 0 Å². The molecule has 0 aromatic heterocycles. The van der Waals surface area contributed by atoms with Crippen LogP contribution < -0.4 is 4.90 Å². The van der Waals surface area contributed by atoms with Crippen LogP contribution in [0, 0.1) is 0 Å². The number of hydrogen-bond donors (Lipinski definition) is 1. The van der Waals surface area contributed by atoms with Crippen LogP contribution in [0.3, 0.4) is 0 Å². The van der Waals surface area contributed by atoms with E-state index in [9.17, 15) is 18.3 Å². The fourth-order valence-electron chi connectivity index (χ4n) is 2.21. The second kappa shape index (κ2) is 6.25. The summed E-state index contributed by atoms with van der Waals surface area (Å²) in [6, 6.07) is 5.86. The van der Waals surface area contributed by atoms with E-state index in [4.69, 9.17) is 0 Å². The Morgan fingerprint density at radius 3 is 2.67 bits per heavy atom. The van der Waals surface area contributed by atoms with Gasteiger partial charge in [-0.15, -0.1) is 0 Å². The Labute approximate surface area is 128 Å². The Balaban J connectivity index is 2.51. The van der Waals surface area contributed by atoms with Gasteiger partial charge in [0, 0.05) is 32.1 Å². The van der Waals surface area contributed by atoms with Crippen molar-refractivity contribution in [3.63, 3.8) is 0 Å². The molecule has 0 bridgehead atoms. The average molecular weight is 330 g/mol. The third-order valence-electron chi connectivity index (χ3n) is 3.35. The van der Waals surface area contributed by atoms with E-state index in [1.807, 2.05) is 0 Å². The van der Waals surface area contributed by atoms with E-state index in [0.29, 0.717) is 18.0 Å². The summed E-state index contributed by atoms with van der Waals surface area (Å²) >= 11 is 1.57. The van der Waals surface area contributed by atoms with Gasteiger partial charge in [0.1, 0.15) is 10.9 Å². The van der Waals surface area contributed by atoms with Crippen molar-refractivity contribution >= 4 is 33.4 Å². The van der Waals surface area contributed by atoms with E-state index in [1.54, 1.807) is 34.9 Å². The fraction of sp³-hybridized carbons (Fsp3) is 0.462. The van der Waals surface area contributed by atoms with Crippen LogP contribution in [0.5, 0.6) is 0 Å². The summed E-state index contributed by atoms with van der Waals surface area (Å²) in [5, 5.41) is 9.36. The zero-order valence-electron chi connectivity index (χ0n) is 11.9. The third kappa shape index (κ3) is 3.17. The second-order valence-electron chi connectivity index (χ2n) is 4.88. The first-order chi connectivity index (χ1) is 9.85. The maximum Gasteiger partial charge on any atom is 0.327 e. The molecule has 6 nitrogen and oxygen atoms in total. The topological polar surface area (TPSA) is 77.9 Å². The normalized spacial score (nSPS) is 19.8. The Kier molecular flexibility index (Phi) is 4.80. The molecule has 1 aliphatic heterocycles. The van der Waals surface area contributed by atoms with Crippen LogP contribution in [-0.2, 0) is 14.8 Å². The fourth-order valence-corrected chi connectivity index (χ4v) is 4.34. The van der Waals surface area contributed by atoms with Gasteiger partial charge in [-0.05, 0) is 12.1 Å². The number of rotatable bonds is 4. The number of hydrogen-bond acceptors (Lipinski definition) is 5. The molecule has 0 radical (unpaired) electrons. The predicted octanol–water partition coefficient (Wildman–Crippen LogP) is 0.943.